The zero-order valence-electron chi connectivity index (χ0n) is 25.1. The first-order valence-corrected chi connectivity index (χ1v) is 15.9. The van der Waals surface area contributed by atoms with Gasteiger partial charge in [-0.25, -0.2) is 9.36 Å². The van der Waals surface area contributed by atoms with Gasteiger partial charge in [0, 0.05) is 5.56 Å². The van der Waals surface area contributed by atoms with E-state index in [2.05, 4.69) is 10.6 Å². The van der Waals surface area contributed by atoms with Crippen molar-refractivity contribution in [2.45, 2.75) is 38.2 Å². The molecule has 0 bridgehead atoms. The van der Waals surface area contributed by atoms with Crippen molar-refractivity contribution in [3.05, 3.63) is 126 Å². The third kappa shape index (κ3) is 6.86. The van der Waals surface area contributed by atoms with Crippen LogP contribution >= 0.6 is 7.60 Å². The monoisotopic (exact) mass is 627 g/mol. The molecule has 45 heavy (non-hydrogen) atoms. The summed E-state index contributed by atoms with van der Waals surface area (Å²) in [6.07, 6.45) is -0.834. The lowest BCUT2D eigenvalue weighted by Crippen LogP contribution is -2.56. The van der Waals surface area contributed by atoms with Crippen LogP contribution in [0.3, 0.4) is 0 Å². The van der Waals surface area contributed by atoms with Gasteiger partial charge in [-0.05, 0) is 56.7 Å². The number of ether oxygens (including phenoxy) is 1. The number of rotatable bonds is 10. The van der Waals surface area contributed by atoms with Crippen molar-refractivity contribution in [2.75, 3.05) is 11.4 Å². The number of hydrogen-bond donors (Lipinski definition) is 2. The van der Waals surface area contributed by atoms with Crippen LogP contribution in [0.25, 0.3) is 0 Å². The van der Waals surface area contributed by atoms with Gasteiger partial charge in [0.2, 0.25) is 5.91 Å². The zero-order valence-corrected chi connectivity index (χ0v) is 26.0. The van der Waals surface area contributed by atoms with E-state index in [9.17, 15) is 14.4 Å². The molecule has 0 fully saturated rings. The van der Waals surface area contributed by atoms with E-state index in [0.717, 1.165) is 5.56 Å². The van der Waals surface area contributed by atoms with Crippen LogP contribution in [0.5, 0.6) is 11.5 Å². The van der Waals surface area contributed by atoms with E-state index >= 15 is 4.57 Å². The number of amides is 3. The quantitative estimate of drug-likeness (QED) is 0.196. The van der Waals surface area contributed by atoms with Gasteiger partial charge in [0.25, 0.3) is 11.2 Å². The fourth-order valence-electron chi connectivity index (χ4n) is 4.92. The van der Waals surface area contributed by atoms with E-state index in [1.807, 2.05) is 30.3 Å². The van der Waals surface area contributed by atoms with Crippen LogP contribution in [0.1, 0.15) is 31.9 Å². The maximum absolute atomic E-state index is 15.5. The number of para-hydroxylation sites is 3. The van der Waals surface area contributed by atoms with E-state index in [0.29, 0.717) is 5.69 Å². The Morgan fingerprint density at radius 2 is 1.29 bits per heavy atom. The topological polar surface area (TPSA) is 123 Å². The van der Waals surface area contributed by atoms with E-state index in [-0.39, 0.29) is 23.6 Å². The minimum atomic E-state index is -4.77. The van der Waals surface area contributed by atoms with Gasteiger partial charge in [-0.15, -0.1) is 0 Å². The molecule has 5 rings (SSSR count). The molecule has 4 aromatic rings. The summed E-state index contributed by atoms with van der Waals surface area (Å²) in [5.74, 6) is -1.24. The van der Waals surface area contributed by atoms with Crippen molar-refractivity contribution >= 4 is 31.2 Å². The molecule has 1 unspecified atom stereocenters. The van der Waals surface area contributed by atoms with Gasteiger partial charge in [-0.2, -0.15) is 0 Å². The van der Waals surface area contributed by atoms with Crippen molar-refractivity contribution in [1.29, 1.82) is 0 Å². The number of hydrogen-bond acceptors (Lipinski definition) is 7. The summed E-state index contributed by atoms with van der Waals surface area (Å²) in [7, 11) is -4.77. The molecule has 3 amide bonds. The molecular formula is C34H34N3O7P. The van der Waals surface area contributed by atoms with Crippen LogP contribution in [-0.4, -0.2) is 30.1 Å². The first-order valence-electron chi connectivity index (χ1n) is 14.3. The molecule has 1 heterocycles. The number of benzene rings is 4. The van der Waals surface area contributed by atoms with Crippen LogP contribution in [-0.2, 0) is 30.7 Å². The summed E-state index contributed by atoms with van der Waals surface area (Å²) < 4.78 is 33.1. The smallest absolute Gasteiger partial charge is 0.444 e. The summed E-state index contributed by atoms with van der Waals surface area (Å²) in [6, 6.07) is 32.6. The highest BCUT2D eigenvalue weighted by Crippen LogP contribution is 2.67. The normalized spacial score (nSPS) is 16.0. The molecule has 10 nitrogen and oxygen atoms in total. The fraction of sp³-hybridized carbons (Fsp3) is 0.206. The van der Waals surface area contributed by atoms with E-state index in [4.69, 9.17) is 13.8 Å². The van der Waals surface area contributed by atoms with Crippen molar-refractivity contribution in [3.63, 3.8) is 0 Å². The Labute approximate surface area is 261 Å². The minimum absolute atomic E-state index is 0.112. The summed E-state index contributed by atoms with van der Waals surface area (Å²) in [5.41, 5.74) is 0.632. The molecule has 4 aromatic carbocycles. The number of anilines is 1. The first kappa shape index (κ1) is 31.3. The first-order chi connectivity index (χ1) is 21.5. The Kier molecular flexibility index (Phi) is 8.97. The predicted octanol–water partition coefficient (Wildman–Crippen LogP) is 6.38. The van der Waals surface area contributed by atoms with Gasteiger partial charge < -0.3 is 29.3 Å². The van der Waals surface area contributed by atoms with Crippen LogP contribution in [0.2, 0.25) is 0 Å². The highest BCUT2D eigenvalue weighted by Gasteiger charge is 2.68. The summed E-state index contributed by atoms with van der Waals surface area (Å²) >= 11 is 0. The van der Waals surface area contributed by atoms with Crippen LogP contribution < -0.4 is 24.6 Å². The van der Waals surface area contributed by atoms with Gasteiger partial charge in [0.15, 0.2) is 0 Å². The molecular weight excluding hydrogens is 593 g/mol. The third-order valence-electron chi connectivity index (χ3n) is 6.78. The number of alkyl carbamates (subject to hydrolysis) is 1. The number of carbonyl (C=O) groups is 3. The summed E-state index contributed by atoms with van der Waals surface area (Å²) in [4.78, 5) is 42.3. The molecule has 0 spiro atoms. The largest absolute Gasteiger partial charge is 0.470 e. The zero-order chi connectivity index (χ0) is 32.1. The van der Waals surface area contributed by atoms with Crippen LogP contribution in [0.4, 0.5) is 10.5 Å². The Hall–Kier alpha value is -5.08. The van der Waals surface area contributed by atoms with Gasteiger partial charge >= 0.3 is 13.7 Å². The van der Waals surface area contributed by atoms with Gasteiger partial charge in [-0.1, -0.05) is 84.9 Å². The van der Waals surface area contributed by atoms with Crippen molar-refractivity contribution in [1.82, 2.24) is 10.6 Å². The Morgan fingerprint density at radius 1 is 0.778 bits per heavy atom. The SMILES string of the molecule is CC(C)(C)OC(=O)NCC(=O)NC1(P(=O)(Oc2ccccc2)Oc2ccccc2)C(=O)N(Cc2ccccc2)c2ccccc21. The number of carbonyl (C=O) groups excluding carboxylic acids is 3. The van der Waals surface area contributed by atoms with E-state index < -0.39 is 42.9 Å². The van der Waals surface area contributed by atoms with Gasteiger partial charge in [0.1, 0.15) is 23.6 Å². The minimum Gasteiger partial charge on any atom is -0.444 e. The van der Waals surface area contributed by atoms with Gasteiger partial charge in [-0.3, -0.25) is 9.59 Å². The third-order valence-corrected chi connectivity index (χ3v) is 9.05. The average Bonchev–Trinajstić information content (AvgIpc) is 3.24. The standard InChI is InChI=1S/C34H34N3O7P/c1-33(2,3)42-32(40)35-23-30(38)36-34(45(41,43-26-17-9-5-10-18-26)44-27-19-11-6-12-20-27)28-21-13-14-22-29(28)37(31(34)39)24-25-15-7-4-8-16-25/h4-22H,23-24H2,1-3H3,(H,35,40)(H,36,38). The number of nitrogens with one attached hydrogen (secondary N) is 2. The van der Waals surface area contributed by atoms with Crippen molar-refractivity contribution in [2.24, 2.45) is 0 Å². The molecule has 0 saturated heterocycles. The fourth-order valence-corrected chi connectivity index (χ4v) is 7.13. The molecule has 0 radical (unpaired) electrons. The molecule has 1 aliphatic heterocycles. The van der Waals surface area contributed by atoms with Crippen LogP contribution in [0.15, 0.2) is 115 Å². The van der Waals surface area contributed by atoms with E-state index in [1.54, 1.807) is 106 Å². The highest BCUT2D eigenvalue weighted by molar-refractivity contribution is 7.57. The Bertz CT molecular complexity index is 1670. The lowest BCUT2D eigenvalue weighted by atomic mass is 10.1. The maximum Gasteiger partial charge on any atom is 0.470 e. The second kappa shape index (κ2) is 12.9. The lowest BCUT2D eigenvalue weighted by Gasteiger charge is -2.35. The van der Waals surface area contributed by atoms with E-state index in [1.165, 1.54) is 4.90 Å². The van der Waals surface area contributed by atoms with Crippen molar-refractivity contribution < 1.29 is 32.7 Å². The summed E-state index contributed by atoms with van der Waals surface area (Å²) in [6.45, 7) is 4.60. The molecule has 0 saturated carbocycles. The molecule has 1 aliphatic rings. The number of fused-ring (bicyclic) bond motifs is 1. The molecule has 0 aromatic heterocycles. The summed E-state index contributed by atoms with van der Waals surface area (Å²) in [5, 5.41) is 2.75. The molecule has 2 N–H and O–H groups in total. The van der Waals surface area contributed by atoms with Crippen molar-refractivity contribution in [3.8, 4) is 11.5 Å². The highest BCUT2D eigenvalue weighted by atomic mass is 31.2. The average molecular weight is 628 g/mol. The molecule has 1 atom stereocenters. The molecule has 11 heteroatoms. The second-order valence-corrected chi connectivity index (χ2v) is 13.3. The molecule has 0 aliphatic carbocycles. The second-order valence-electron chi connectivity index (χ2n) is 11.3. The lowest BCUT2D eigenvalue weighted by molar-refractivity contribution is -0.128. The Morgan fingerprint density at radius 3 is 1.84 bits per heavy atom. The van der Waals surface area contributed by atoms with Crippen LogP contribution in [0, 0.1) is 0 Å². The predicted molar refractivity (Wildman–Crippen MR) is 170 cm³/mol. The van der Waals surface area contributed by atoms with Gasteiger partial charge in [0.05, 0.1) is 12.2 Å². The molecule has 232 valence electrons. The number of nitrogens with zero attached hydrogens (tertiary/aromatic N) is 1. The maximum atomic E-state index is 15.5. The Balaban J connectivity index is 1.64.